The number of thiophene rings is 1. The van der Waals surface area contributed by atoms with Gasteiger partial charge >= 0.3 is 5.97 Å². The highest BCUT2D eigenvalue weighted by atomic mass is 32.1. The Bertz CT molecular complexity index is 498. The van der Waals surface area contributed by atoms with Crippen LogP contribution in [-0.2, 0) is 22.6 Å². The highest BCUT2D eigenvalue weighted by Gasteiger charge is 2.24. The molecule has 1 aliphatic rings. The van der Waals surface area contributed by atoms with Crippen molar-refractivity contribution in [3.63, 3.8) is 0 Å². The van der Waals surface area contributed by atoms with Gasteiger partial charge in [-0.1, -0.05) is 0 Å². The van der Waals surface area contributed by atoms with E-state index in [1.807, 2.05) is 18.7 Å². The number of carbonyl (C=O) groups excluding carboxylic acids is 1. The molecule has 0 aliphatic carbocycles. The van der Waals surface area contributed by atoms with Crippen molar-refractivity contribution in [3.8, 4) is 0 Å². The molecule has 0 radical (unpaired) electrons. The standard InChI is InChI=1S/C14H20N2O3S/c1-10(2)16(9-14(18)19)8-13(17)15-5-3-12-11(7-15)4-6-20-12/h4,6,10H,3,5,7-9H2,1-2H3,(H,18,19). The first-order valence-electron chi connectivity index (χ1n) is 6.76. The molecule has 0 spiro atoms. The zero-order valence-corrected chi connectivity index (χ0v) is 12.7. The minimum Gasteiger partial charge on any atom is -0.480 e. The van der Waals surface area contributed by atoms with Gasteiger partial charge in [-0.25, -0.2) is 0 Å². The maximum absolute atomic E-state index is 12.3. The van der Waals surface area contributed by atoms with E-state index in [9.17, 15) is 9.59 Å². The molecule has 0 bridgehead atoms. The maximum atomic E-state index is 12.3. The van der Waals surface area contributed by atoms with Gasteiger partial charge in [0.15, 0.2) is 0 Å². The average molecular weight is 296 g/mol. The first kappa shape index (κ1) is 15.0. The van der Waals surface area contributed by atoms with E-state index in [1.54, 1.807) is 16.2 Å². The third kappa shape index (κ3) is 3.58. The van der Waals surface area contributed by atoms with E-state index in [0.29, 0.717) is 6.54 Å². The molecule has 1 aliphatic heterocycles. The second-order valence-corrected chi connectivity index (χ2v) is 6.33. The summed E-state index contributed by atoms with van der Waals surface area (Å²) in [6.45, 7) is 5.26. The summed E-state index contributed by atoms with van der Waals surface area (Å²) in [6.07, 6.45) is 0.902. The monoisotopic (exact) mass is 296 g/mol. The number of rotatable bonds is 5. The summed E-state index contributed by atoms with van der Waals surface area (Å²) in [5, 5.41) is 11.0. The molecule has 0 unspecified atom stereocenters. The fraction of sp³-hybridized carbons (Fsp3) is 0.571. The lowest BCUT2D eigenvalue weighted by molar-refractivity contribution is -0.140. The molecule has 6 heteroatoms. The Morgan fingerprint density at radius 3 is 2.85 bits per heavy atom. The summed E-state index contributed by atoms with van der Waals surface area (Å²) in [4.78, 5) is 28.0. The van der Waals surface area contributed by atoms with Crippen LogP contribution in [0.5, 0.6) is 0 Å². The molecule has 2 heterocycles. The number of hydrogen-bond acceptors (Lipinski definition) is 4. The molecule has 20 heavy (non-hydrogen) atoms. The van der Waals surface area contributed by atoms with Gasteiger partial charge in [-0.3, -0.25) is 14.5 Å². The Morgan fingerprint density at radius 2 is 2.20 bits per heavy atom. The van der Waals surface area contributed by atoms with Crippen LogP contribution < -0.4 is 0 Å². The largest absolute Gasteiger partial charge is 0.480 e. The van der Waals surface area contributed by atoms with Crippen molar-refractivity contribution in [1.29, 1.82) is 0 Å². The molecule has 5 nitrogen and oxygen atoms in total. The third-order valence-corrected chi connectivity index (χ3v) is 4.59. The van der Waals surface area contributed by atoms with Crippen LogP contribution in [0.2, 0.25) is 0 Å². The number of nitrogens with zero attached hydrogens (tertiary/aromatic N) is 2. The number of fused-ring (bicyclic) bond motifs is 1. The molecule has 1 aromatic rings. The first-order valence-corrected chi connectivity index (χ1v) is 7.64. The molecule has 1 N–H and O–H groups in total. The van der Waals surface area contributed by atoms with Gasteiger partial charge in [0.1, 0.15) is 0 Å². The third-order valence-electron chi connectivity index (χ3n) is 3.57. The molecule has 0 saturated heterocycles. The van der Waals surface area contributed by atoms with E-state index in [-0.39, 0.29) is 25.0 Å². The SMILES string of the molecule is CC(C)N(CC(=O)O)CC(=O)N1CCc2sccc2C1. The van der Waals surface area contributed by atoms with Crippen LogP contribution in [-0.4, -0.2) is 52.5 Å². The highest BCUT2D eigenvalue weighted by Crippen LogP contribution is 2.24. The van der Waals surface area contributed by atoms with Gasteiger partial charge in [0.2, 0.25) is 5.91 Å². The number of aliphatic carboxylic acids is 1. The molecule has 0 aromatic carbocycles. The van der Waals surface area contributed by atoms with Crippen LogP contribution in [0, 0.1) is 0 Å². The van der Waals surface area contributed by atoms with Crippen LogP contribution in [0.3, 0.4) is 0 Å². The summed E-state index contributed by atoms with van der Waals surface area (Å²) >= 11 is 1.74. The Morgan fingerprint density at radius 1 is 1.45 bits per heavy atom. The molecule has 1 amide bonds. The van der Waals surface area contributed by atoms with Gasteiger partial charge in [0.25, 0.3) is 0 Å². The summed E-state index contributed by atoms with van der Waals surface area (Å²) in [6, 6.07) is 2.10. The number of amides is 1. The topological polar surface area (TPSA) is 60.9 Å². The average Bonchev–Trinajstić information content (AvgIpc) is 2.84. The van der Waals surface area contributed by atoms with E-state index >= 15 is 0 Å². The second kappa shape index (κ2) is 6.37. The van der Waals surface area contributed by atoms with Gasteiger partial charge in [-0.05, 0) is 37.3 Å². The molecular formula is C14H20N2O3S. The number of carboxylic acids is 1. The van der Waals surface area contributed by atoms with Crippen molar-refractivity contribution in [3.05, 3.63) is 21.9 Å². The van der Waals surface area contributed by atoms with Crippen molar-refractivity contribution in [1.82, 2.24) is 9.80 Å². The van der Waals surface area contributed by atoms with Gasteiger partial charge < -0.3 is 10.0 Å². The zero-order chi connectivity index (χ0) is 14.7. The molecule has 2 rings (SSSR count). The Balaban J connectivity index is 1.96. The van der Waals surface area contributed by atoms with Crippen LogP contribution in [0.1, 0.15) is 24.3 Å². The quantitative estimate of drug-likeness (QED) is 0.893. The van der Waals surface area contributed by atoms with Crippen molar-refractivity contribution >= 4 is 23.2 Å². The summed E-state index contributed by atoms with van der Waals surface area (Å²) in [5.74, 6) is -0.887. The normalized spacial score (nSPS) is 14.7. The molecule has 0 fully saturated rings. The number of carboxylic acid groups (broad SMARTS) is 1. The van der Waals surface area contributed by atoms with Crippen molar-refractivity contribution in [2.45, 2.75) is 32.9 Å². The Hall–Kier alpha value is -1.40. The predicted molar refractivity (Wildman–Crippen MR) is 77.8 cm³/mol. The van der Waals surface area contributed by atoms with E-state index in [4.69, 9.17) is 5.11 Å². The first-order chi connectivity index (χ1) is 9.47. The van der Waals surface area contributed by atoms with Crippen LogP contribution >= 0.6 is 11.3 Å². The van der Waals surface area contributed by atoms with E-state index < -0.39 is 5.97 Å². The van der Waals surface area contributed by atoms with E-state index in [0.717, 1.165) is 13.0 Å². The van der Waals surface area contributed by atoms with E-state index in [2.05, 4.69) is 11.4 Å². The predicted octanol–water partition coefficient (Wildman–Crippen LogP) is 1.43. The lowest BCUT2D eigenvalue weighted by atomic mass is 10.1. The minimum absolute atomic E-state index is 0.0109. The maximum Gasteiger partial charge on any atom is 0.317 e. The smallest absolute Gasteiger partial charge is 0.317 e. The minimum atomic E-state index is -0.898. The number of carbonyl (C=O) groups is 2. The van der Waals surface area contributed by atoms with Gasteiger partial charge in [0.05, 0.1) is 13.1 Å². The highest BCUT2D eigenvalue weighted by molar-refractivity contribution is 7.10. The van der Waals surface area contributed by atoms with E-state index in [1.165, 1.54) is 10.4 Å². The van der Waals surface area contributed by atoms with Crippen molar-refractivity contribution < 1.29 is 14.7 Å². The molecule has 1 aromatic heterocycles. The zero-order valence-electron chi connectivity index (χ0n) is 11.8. The van der Waals surface area contributed by atoms with Gasteiger partial charge in [-0.2, -0.15) is 0 Å². The second-order valence-electron chi connectivity index (χ2n) is 5.33. The summed E-state index contributed by atoms with van der Waals surface area (Å²) in [7, 11) is 0. The lowest BCUT2D eigenvalue weighted by Gasteiger charge is -2.31. The lowest BCUT2D eigenvalue weighted by Crippen LogP contribution is -2.46. The fourth-order valence-corrected chi connectivity index (χ4v) is 3.22. The Kier molecular flexibility index (Phi) is 4.77. The van der Waals surface area contributed by atoms with Crippen LogP contribution in [0.25, 0.3) is 0 Å². The fourth-order valence-electron chi connectivity index (χ4n) is 2.33. The van der Waals surface area contributed by atoms with Crippen LogP contribution in [0.4, 0.5) is 0 Å². The molecule has 0 saturated carbocycles. The van der Waals surface area contributed by atoms with Crippen molar-refractivity contribution in [2.75, 3.05) is 19.6 Å². The molecule has 0 atom stereocenters. The van der Waals surface area contributed by atoms with Gasteiger partial charge in [-0.15, -0.1) is 11.3 Å². The summed E-state index contributed by atoms with van der Waals surface area (Å²) in [5.41, 5.74) is 1.23. The summed E-state index contributed by atoms with van der Waals surface area (Å²) < 4.78 is 0. The van der Waals surface area contributed by atoms with Gasteiger partial charge in [0, 0.05) is 24.0 Å². The molecular weight excluding hydrogens is 276 g/mol. The van der Waals surface area contributed by atoms with Crippen LogP contribution in [0.15, 0.2) is 11.4 Å². The number of hydrogen-bond donors (Lipinski definition) is 1. The van der Waals surface area contributed by atoms with Crippen molar-refractivity contribution in [2.24, 2.45) is 0 Å². The molecule has 110 valence electrons. The Labute approximate surface area is 122 Å².